The molecule has 11 heteroatoms. The molecule has 3 heterocycles. The molecule has 2 bridgehead atoms. The number of hydrogen-bond acceptors (Lipinski definition) is 8. The summed E-state index contributed by atoms with van der Waals surface area (Å²) < 4.78 is 5.62. The number of amides is 2. The molecule has 2 amide bonds. The fourth-order valence-corrected chi connectivity index (χ4v) is 9.76. The minimum Gasteiger partial charge on any atom is -0.504 e. The van der Waals surface area contributed by atoms with Crippen molar-refractivity contribution in [3.8, 4) is 11.5 Å². The van der Waals surface area contributed by atoms with E-state index in [1.165, 1.54) is 11.3 Å². The second-order valence-electron chi connectivity index (χ2n) is 9.59. The van der Waals surface area contributed by atoms with Gasteiger partial charge >= 0.3 is 10.8 Å². The Labute approximate surface area is 208 Å². The highest BCUT2D eigenvalue weighted by Crippen LogP contribution is 2.68. The standard InChI is InChI=1S/C24H24N2O7S2/c1-2-33-13-7-9(3-4-12(13)27)15-16-10-8-11(19(16)34-21-20(15)35-24(32)25-21)18-17(10)22(30)26(23(18)31)6-5-14(28)29/h3-4,7,10-11,15-19,27H,2,5-6,8H2,1H3,(H,25,32)(H,28,29)/t10-,11+,15+,16+,17+,18+,19+/m0/s1. The number of ether oxygens (including phenoxy) is 1. The Morgan fingerprint density at radius 3 is 2.66 bits per heavy atom. The van der Waals surface area contributed by atoms with Gasteiger partial charge in [0, 0.05) is 22.6 Å². The van der Waals surface area contributed by atoms with E-state index in [0.717, 1.165) is 26.8 Å². The van der Waals surface area contributed by atoms with E-state index in [0.29, 0.717) is 12.4 Å². The van der Waals surface area contributed by atoms with E-state index in [1.54, 1.807) is 17.8 Å². The van der Waals surface area contributed by atoms with Crippen molar-refractivity contribution in [3.05, 3.63) is 38.3 Å². The van der Waals surface area contributed by atoms with Crippen molar-refractivity contribution < 1.29 is 29.3 Å². The van der Waals surface area contributed by atoms with Gasteiger partial charge in [-0.15, -0.1) is 11.8 Å². The molecule has 1 aromatic carbocycles. The average Bonchev–Trinajstić information content (AvgIpc) is 3.53. The fraction of sp³-hybridized carbons (Fsp3) is 0.500. The first kappa shape index (κ1) is 22.7. The Morgan fingerprint density at radius 2 is 1.94 bits per heavy atom. The number of carbonyl (C=O) groups excluding carboxylic acids is 2. The number of carboxylic acids is 1. The van der Waals surface area contributed by atoms with Crippen LogP contribution in [0.3, 0.4) is 0 Å². The van der Waals surface area contributed by atoms with Crippen LogP contribution in [0, 0.1) is 29.6 Å². The number of nitrogens with zero attached hydrogens (tertiary/aromatic N) is 1. The van der Waals surface area contributed by atoms with Gasteiger partial charge in [0.1, 0.15) is 0 Å². The molecule has 6 rings (SSSR count). The first-order chi connectivity index (χ1) is 16.8. The number of aliphatic carboxylic acids is 1. The van der Waals surface area contributed by atoms with Crippen molar-refractivity contribution in [2.45, 2.75) is 36.0 Å². The predicted octanol–water partition coefficient (Wildman–Crippen LogP) is 2.49. The third kappa shape index (κ3) is 3.27. The Kier molecular flexibility index (Phi) is 5.26. The van der Waals surface area contributed by atoms with Gasteiger partial charge in [0.2, 0.25) is 11.8 Å². The summed E-state index contributed by atoms with van der Waals surface area (Å²) >= 11 is 2.77. The zero-order valence-corrected chi connectivity index (χ0v) is 20.4. The maximum Gasteiger partial charge on any atom is 0.305 e. The van der Waals surface area contributed by atoms with Crippen LogP contribution in [0.1, 0.15) is 36.1 Å². The van der Waals surface area contributed by atoms with Gasteiger partial charge in [-0.25, -0.2) is 0 Å². The Morgan fingerprint density at radius 1 is 1.20 bits per heavy atom. The quantitative estimate of drug-likeness (QED) is 0.498. The smallest absolute Gasteiger partial charge is 0.305 e. The number of benzene rings is 1. The number of aromatic hydroxyl groups is 1. The van der Waals surface area contributed by atoms with E-state index >= 15 is 0 Å². The van der Waals surface area contributed by atoms with Crippen LogP contribution in [0.4, 0.5) is 0 Å². The molecule has 3 N–H and O–H groups in total. The molecule has 2 saturated carbocycles. The summed E-state index contributed by atoms with van der Waals surface area (Å²) in [5.41, 5.74) is 0.904. The lowest BCUT2D eigenvalue weighted by molar-refractivity contribution is -0.142. The zero-order valence-electron chi connectivity index (χ0n) is 18.8. The van der Waals surface area contributed by atoms with Crippen LogP contribution >= 0.6 is 23.1 Å². The molecule has 0 spiro atoms. The van der Waals surface area contributed by atoms with E-state index in [2.05, 4.69) is 4.98 Å². The van der Waals surface area contributed by atoms with Crippen LogP contribution in [0.5, 0.6) is 11.5 Å². The number of nitrogens with one attached hydrogen (secondary N) is 1. The van der Waals surface area contributed by atoms with Crippen LogP contribution < -0.4 is 9.61 Å². The molecule has 0 radical (unpaired) electrons. The number of phenolic OH excluding ortho intramolecular Hbond substituents is 1. The normalized spacial score (nSPS) is 32.5. The lowest BCUT2D eigenvalue weighted by atomic mass is 9.68. The molecule has 1 aromatic heterocycles. The number of thioether (sulfide) groups is 1. The number of aromatic amines is 1. The van der Waals surface area contributed by atoms with Gasteiger partial charge in [0.25, 0.3) is 0 Å². The van der Waals surface area contributed by atoms with Crippen LogP contribution in [-0.2, 0) is 14.4 Å². The summed E-state index contributed by atoms with van der Waals surface area (Å²) in [4.78, 5) is 54.9. The van der Waals surface area contributed by atoms with E-state index in [1.807, 2.05) is 19.1 Å². The van der Waals surface area contributed by atoms with Crippen molar-refractivity contribution in [1.82, 2.24) is 9.88 Å². The number of likely N-dealkylation sites (tertiary alicyclic amines) is 1. The second-order valence-corrected chi connectivity index (χ2v) is 11.8. The first-order valence-corrected chi connectivity index (χ1v) is 13.4. The molecule has 4 aliphatic rings. The van der Waals surface area contributed by atoms with E-state index in [-0.39, 0.29) is 64.3 Å². The number of thiazole rings is 1. The van der Waals surface area contributed by atoms with E-state index in [4.69, 9.17) is 9.84 Å². The van der Waals surface area contributed by atoms with Crippen LogP contribution in [0.2, 0.25) is 0 Å². The maximum absolute atomic E-state index is 13.3. The number of carbonyl (C=O) groups is 3. The summed E-state index contributed by atoms with van der Waals surface area (Å²) in [6.45, 7) is 2.13. The zero-order chi connectivity index (χ0) is 24.6. The molecule has 7 atom stereocenters. The molecular weight excluding hydrogens is 492 g/mol. The summed E-state index contributed by atoms with van der Waals surface area (Å²) in [7, 11) is 0. The van der Waals surface area contributed by atoms with Crippen LogP contribution in [0.25, 0.3) is 0 Å². The molecule has 2 aliphatic heterocycles. The third-order valence-corrected chi connectivity index (χ3v) is 10.6. The van der Waals surface area contributed by atoms with Crippen molar-refractivity contribution in [2.75, 3.05) is 13.2 Å². The van der Waals surface area contributed by atoms with Gasteiger partial charge < -0.3 is 19.9 Å². The van der Waals surface area contributed by atoms with Crippen molar-refractivity contribution in [2.24, 2.45) is 29.6 Å². The molecule has 2 aromatic rings. The molecule has 0 unspecified atom stereocenters. The number of hydrogen-bond donors (Lipinski definition) is 3. The number of fused-ring (bicyclic) bond motifs is 9. The molecule has 1 saturated heterocycles. The summed E-state index contributed by atoms with van der Waals surface area (Å²) in [6.07, 6.45) is 0.497. The summed E-state index contributed by atoms with van der Waals surface area (Å²) in [5.74, 6) is -2.24. The van der Waals surface area contributed by atoms with Crippen molar-refractivity contribution in [3.63, 3.8) is 0 Å². The highest BCUT2D eigenvalue weighted by atomic mass is 32.2. The number of imide groups is 1. The number of rotatable bonds is 6. The van der Waals surface area contributed by atoms with Gasteiger partial charge in [-0.1, -0.05) is 17.4 Å². The molecule has 2 aliphatic carbocycles. The van der Waals surface area contributed by atoms with Gasteiger partial charge in [0.15, 0.2) is 11.5 Å². The van der Waals surface area contributed by atoms with Crippen LogP contribution in [0.15, 0.2) is 28.0 Å². The molecular formula is C24H24N2O7S2. The molecule has 9 nitrogen and oxygen atoms in total. The van der Waals surface area contributed by atoms with Crippen molar-refractivity contribution >= 4 is 40.9 Å². The lowest BCUT2D eigenvalue weighted by Crippen LogP contribution is -2.42. The largest absolute Gasteiger partial charge is 0.504 e. The highest BCUT2D eigenvalue weighted by molar-refractivity contribution is 8.00. The molecule has 35 heavy (non-hydrogen) atoms. The van der Waals surface area contributed by atoms with Crippen LogP contribution in [-0.4, -0.2) is 56.3 Å². The van der Waals surface area contributed by atoms with E-state index < -0.39 is 17.8 Å². The Bertz CT molecular complexity index is 1300. The summed E-state index contributed by atoms with van der Waals surface area (Å²) in [6, 6.07) is 5.25. The maximum atomic E-state index is 13.3. The Hall–Kier alpha value is -2.79. The minimum absolute atomic E-state index is 0.0196. The Balaban J connectivity index is 1.42. The van der Waals surface area contributed by atoms with Gasteiger partial charge in [-0.3, -0.25) is 24.1 Å². The minimum atomic E-state index is -1.04. The molecule has 184 valence electrons. The topological polar surface area (TPSA) is 137 Å². The number of aromatic nitrogens is 1. The van der Waals surface area contributed by atoms with Crippen molar-refractivity contribution in [1.29, 1.82) is 0 Å². The summed E-state index contributed by atoms with van der Waals surface area (Å²) in [5, 5.41) is 20.2. The number of H-pyrrole nitrogens is 1. The lowest BCUT2D eigenvalue weighted by Gasteiger charge is -2.43. The fourth-order valence-electron chi connectivity index (χ4n) is 6.87. The third-order valence-electron chi connectivity index (χ3n) is 8.01. The number of phenols is 1. The van der Waals surface area contributed by atoms with E-state index in [9.17, 15) is 24.3 Å². The first-order valence-electron chi connectivity index (χ1n) is 11.7. The van der Waals surface area contributed by atoms with Gasteiger partial charge in [0.05, 0.1) is 29.9 Å². The molecule has 3 fully saturated rings. The number of carboxylic acid groups (broad SMARTS) is 1. The monoisotopic (exact) mass is 516 g/mol. The highest BCUT2D eigenvalue weighted by Gasteiger charge is 2.69. The predicted molar refractivity (Wildman–Crippen MR) is 127 cm³/mol. The second kappa shape index (κ2) is 8.12. The average molecular weight is 517 g/mol. The van der Waals surface area contributed by atoms with Gasteiger partial charge in [-0.2, -0.15) is 0 Å². The van der Waals surface area contributed by atoms with Gasteiger partial charge in [-0.05, 0) is 48.8 Å². The SMILES string of the molecule is CCOc1cc([C@H]2c3sc(=O)[nH]c3S[C@@H]3[C@@H]4C[C@H]([C@H]5C(=O)N(CCC(=O)O)C(=O)[C@H]45)[C@H]23)ccc1O.